The largest absolute Gasteiger partial charge is 0.481 e. The molecular weight excluding hydrogens is 268 g/mol. The molecule has 114 valence electrons. The van der Waals surface area contributed by atoms with Gasteiger partial charge in [0.2, 0.25) is 5.91 Å². The molecule has 21 heavy (non-hydrogen) atoms. The van der Waals surface area contributed by atoms with Gasteiger partial charge in [0, 0.05) is 31.4 Å². The van der Waals surface area contributed by atoms with Crippen LogP contribution in [0.25, 0.3) is 0 Å². The third kappa shape index (κ3) is 3.54. The Balaban J connectivity index is 2.03. The molecule has 5 nitrogen and oxygen atoms in total. The number of hydrogen-bond donors (Lipinski definition) is 2. The van der Waals surface area contributed by atoms with Gasteiger partial charge >= 0.3 is 5.97 Å². The Bertz CT molecular complexity index is 554. The quantitative estimate of drug-likeness (QED) is 0.894. The van der Waals surface area contributed by atoms with E-state index in [1.807, 2.05) is 44.1 Å². The van der Waals surface area contributed by atoms with E-state index in [0.717, 1.165) is 16.9 Å². The van der Waals surface area contributed by atoms with Gasteiger partial charge in [-0.05, 0) is 43.9 Å². The third-order valence-corrected chi connectivity index (χ3v) is 4.11. The van der Waals surface area contributed by atoms with Gasteiger partial charge in [-0.3, -0.25) is 9.59 Å². The standard InChI is InChI=1S/C16H22N2O3/c1-10-4-7-13(9-14(10)18(2)3)17-15(19)11-5-6-12(8-11)16(20)21/h4,7,9,11-12H,5-6,8H2,1-3H3,(H,17,19)(H,20,21). The van der Waals surface area contributed by atoms with Crippen LogP contribution in [0.1, 0.15) is 24.8 Å². The predicted octanol–water partition coefficient (Wildman–Crippen LogP) is 2.50. The predicted molar refractivity (Wildman–Crippen MR) is 82.6 cm³/mol. The molecule has 1 fully saturated rings. The molecule has 1 aliphatic rings. The van der Waals surface area contributed by atoms with E-state index in [9.17, 15) is 9.59 Å². The van der Waals surface area contributed by atoms with Gasteiger partial charge in [0.05, 0.1) is 5.92 Å². The Morgan fingerprint density at radius 2 is 1.90 bits per heavy atom. The SMILES string of the molecule is Cc1ccc(NC(=O)C2CCC(C(=O)O)C2)cc1N(C)C. The van der Waals surface area contributed by atoms with E-state index in [0.29, 0.717) is 19.3 Å². The number of carboxylic acid groups (broad SMARTS) is 1. The van der Waals surface area contributed by atoms with Gasteiger partial charge in [0.15, 0.2) is 0 Å². The van der Waals surface area contributed by atoms with Crippen molar-refractivity contribution in [2.24, 2.45) is 11.8 Å². The monoisotopic (exact) mass is 290 g/mol. The van der Waals surface area contributed by atoms with Crippen molar-refractivity contribution in [3.05, 3.63) is 23.8 Å². The van der Waals surface area contributed by atoms with Crippen LogP contribution in [0.15, 0.2) is 18.2 Å². The van der Waals surface area contributed by atoms with Crippen LogP contribution in [0.4, 0.5) is 11.4 Å². The molecular formula is C16H22N2O3. The minimum absolute atomic E-state index is 0.0766. The number of carbonyl (C=O) groups is 2. The van der Waals surface area contributed by atoms with E-state index in [1.165, 1.54) is 0 Å². The van der Waals surface area contributed by atoms with E-state index in [4.69, 9.17) is 5.11 Å². The van der Waals surface area contributed by atoms with E-state index in [-0.39, 0.29) is 17.7 Å². The van der Waals surface area contributed by atoms with Gasteiger partial charge in [-0.15, -0.1) is 0 Å². The first-order valence-corrected chi connectivity index (χ1v) is 7.20. The Morgan fingerprint density at radius 3 is 2.48 bits per heavy atom. The van der Waals surface area contributed by atoms with Crippen LogP contribution in [0.5, 0.6) is 0 Å². The molecule has 5 heteroatoms. The molecule has 0 saturated heterocycles. The van der Waals surface area contributed by atoms with E-state index in [1.54, 1.807) is 0 Å². The van der Waals surface area contributed by atoms with E-state index < -0.39 is 5.97 Å². The van der Waals surface area contributed by atoms with Gasteiger partial charge in [-0.2, -0.15) is 0 Å². The molecule has 0 radical (unpaired) electrons. The zero-order valence-electron chi connectivity index (χ0n) is 12.7. The number of amides is 1. The van der Waals surface area contributed by atoms with Gasteiger partial charge < -0.3 is 15.3 Å². The maximum atomic E-state index is 12.2. The zero-order chi connectivity index (χ0) is 15.6. The Hall–Kier alpha value is -2.04. The Kier molecular flexibility index (Phi) is 4.50. The van der Waals surface area contributed by atoms with Crippen LogP contribution in [0.3, 0.4) is 0 Å². The summed E-state index contributed by atoms with van der Waals surface area (Å²) in [6.45, 7) is 2.02. The van der Waals surface area contributed by atoms with Crippen molar-refractivity contribution in [3.63, 3.8) is 0 Å². The number of carboxylic acids is 1. The van der Waals surface area contributed by atoms with E-state index in [2.05, 4.69) is 5.32 Å². The first kappa shape index (κ1) is 15.4. The Labute approximate surface area is 125 Å². The molecule has 0 aliphatic heterocycles. The number of aliphatic carboxylic acids is 1. The molecule has 2 atom stereocenters. The molecule has 1 amide bonds. The molecule has 2 unspecified atom stereocenters. The van der Waals surface area contributed by atoms with Crippen molar-refractivity contribution in [1.82, 2.24) is 0 Å². The topological polar surface area (TPSA) is 69.6 Å². The lowest BCUT2D eigenvalue weighted by atomic mass is 10.0. The highest BCUT2D eigenvalue weighted by atomic mass is 16.4. The lowest BCUT2D eigenvalue weighted by Crippen LogP contribution is -2.22. The average molecular weight is 290 g/mol. The normalized spacial score (nSPS) is 21.1. The highest BCUT2D eigenvalue weighted by Gasteiger charge is 2.33. The second-order valence-corrected chi connectivity index (χ2v) is 5.93. The molecule has 1 aromatic carbocycles. The minimum Gasteiger partial charge on any atom is -0.481 e. The van der Waals surface area contributed by atoms with Crippen molar-refractivity contribution in [3.8, 4) is 0 Å². The van der Waals surface area contributed by atoms with E-state index >= 15 is 0 Å². The number of benzene rings is 1. The first-order valence-electron chi connectivity index (χ1n) is 7.20. The van der Waals surface area contributed by atoms with Gasteiger partial charge in [-0.25, -0.2) is 0 Å². The van der Waals surface area contributed by atoms with Crippen LogP contribution in [0.2, 0.25) is 0 Å². The zero-order valence-corrected chi connectivity index (χ0v) is 12.7. The van der Waals surface area contributed by atoms with Crippen LogP contribution >= 0.6 is 0 Å². The molecule has 2 N–H and O–H groups in total. The molecule has 0 bridgehead atoms. The number of nitrogens with zero attached hydrogens (tertiary/aromatic N) is 1. The summed E-state index contributed by atoms with van der Waals surface area (Å²) < 4.78 is 0. The summed E-state index contributed by atoms with van der Waals surface area (Å²) in [6, 6.07) is 5.79. The highest BCUT2D eigenvalue weighted by molar-refractivity contribution is 5.93. The Morgan fingerprint density at radius 1 is 1.24 bits per heavy atom. The summed E-state index contributed by atoms with van der Waals surface area (Å²) in [5.41, 5.74) is 2.96. The molecule has 1 aliphatic carbocycles. The lowest BCUT2D eigenvalue weighted by Gasteiger charge is -2.18. The number of hydrogen-bond acceptors (Lipinski definition) is 3. The number of rotatable bonds is 4. The van der Waals surface area contributed by atoms with Crippen LogP contribution in [-0.2, 0) is 9.59 Å². The van der Waals surface area contributed by atoms with Gasteiger partial charge in [0.25, 0.3) is 0 Å². The van der Waals surface area contributed by atoms with Crippen molar-refractivity contribution >= 4 is 23.3 Å². The van der Waals surface area contributed by atoms with Crippen LogP contribution < -0.4 is 10.2 Å². The summed E-state index contributed by atoms with van der Waals surface area (Å²) in [5, 5.41) is 11.9. The number of carbonyl (C=O) groups excluding carboxylic acids is 1. The van der Waals surface area contributed by atoms with Gasteiger partial charge in [0.1, 0.15) is 0 Å². The fourth-order valence-corrected chi connectivity index (χ4v) is 2.86. The fourth-order valence-electron chi connectivity index (χ4n) is 2.86. The second-order valence-electron chi connectivity index (χ2n) is 5.93. The smallest absolute Gasteiger partial charge is 0.306 e. The van der Waals surface area contributed by atoms with Crippen LogP contribution in [0, 0.1) is 18.8 Å². The van der Waals surface area contributed by atoms with Crippen molar-refractivity contribution in [2.45, 2.75) is 26.2 Å². The summed E-state index contributed by atoms with van der Waals surface area (Å²) >= 11 is 0. The van der Waals surface area contributed by atoms with Crippen LogP contribution in [-0.4, -0.2) is 31.1 Å². The molecule has 0 spiro atoms. The lowest BCUT2D eigenvalue weighted by molar-refractivity contribution is -0.141. The fraction of sp³-hybridized carbons (Fsp3) is 0.500. The third-order valence-electron chi connectivity index (χ3n) is 4.11. The number of nitrogens with one attached hydrogen (secondary N) is 1. The van der Waals surface area contributed by atoms with Crippen molar-refractivity contribution in [1.29, 1.82) is 0 Å². The van der Waals surface area contributed by atoms with Gasteiger partial charge in [-0.1, -0.05) is 6.07 Å². The second kappa shape index (κ2) is 6.16. The molecule has 2 rings (SSSR count). The van der Waals surface area contributed by atoms with Crippen molar-refractivity contribution < 1.29 is 14.7 Å². The first-order chi connectivity index (χ1) is 9.88. The number of anilines is 2. The average Bonchev–Trinajstić information content (AvgIpc) is 2.90. The molecule has 0 heterocycles. The maximum absolute atomic E-state index is 12.2. The summed E-state index contributed by atoms with van der Waals surface area (Å²) in [5.74, 6) is -1.45. The highest BCUT2D eigenvalue weighted by Crippen LogP contribution is 2.32. The molecule has 1 aromatic rings. The maximum Gasteiger partial charge on any atom is 0.306 e. The molecule has 1 saturated carbocycles. The summed E-state index contributed by atoms with van der Waals surface area (Å²) in [4.78, 5) is 25.2. The van der Waals surface area contributed by atoms with Crippen molar-refractivity contribution in [2.75, 3.05) is 24.3 Å². The summed E-state index contributed by atoms with van der Waals surface area (Å²) in [7, 11) is 3.92. The minimum atomic E-state index is -0.796. The number of aryl methyl sites for hydroxylation is 1. The summed E-state index contributed by atoms with van der Waals surface area (Å²) in [6.07, 6.45) is 1.67. The molecule has 0 aromatic heterocycles.